The molecule has 0 spiro atoms. The number of carbonyl (C=O) groups excluding carboxylic acids is 1. The number of benzene rings is 1. The normalized spacial score (nSPS) is 25.9. The molecule has 1 saturated heterocycles. The Balaban J connectivity index is 1.63. The van der Waals surface area contributed by atoms with Crippen LogP contribution in [0, 0.1) is 5.82 Å². The molecule has 0 saturated carbocycles. The lowest BCUT2D eigenvalue weighted by Gasteiger charge is -2.35. The predicted molar refractivity (Wildman–Crippen MR) is 104 cm³/mol. The van der Waals surface area contributed by atoms with E-state index < -0.39 is 40.7 Å². The second-order valence-electron chi connectivity index (χ2n) is 7.27. The highest BCUT2D eigenvalue weighted by molar-refractivity contribution is 7.89. The summed E-state index contributed by atoms with van der Waals surface area (Å²) in [6, 6.07) is 3.83. The molecule has 1 aromatic rings. The first kappa shape index (κ1) is 21.8. The fourth-order valence-corrected chi connectivity index (χ4v) is 4.60. The van der Waals surface area contributed by atoms with Crippen LogP contribution in [-0.2, 0) is 19.6 Å². The van der Waals surface area contributed by atoms with E-state index in [-0.39, 0.29) is 17.2 Å². The number of hydrogen-bond donors (Lipinski definition) is 2. The van der Waals surface area contributed by atoms with E-state index in [0.717, 1.165) is 25.2 Å². The molecule has 0 unspecified atom stereocenters. The number of amides is 1. The summed E-state index contributed by atoms with van der Waals surface area (Å²) in [5.41, 5.74) is 0. The van der Waals surface area contributed by atoms with Crippen LogP contribution in [0.1, 0.15) is 6.42 Å². The van der Waals surface area contributed by atoms with Crippen LogP contribution in [0.2, 0.25) is 0 Å². The molecule has 0 aromatic heterocycles. The standard InChI is InChI=1S/C19H26FN3O5S/c1-22-7-9-23(10-8-22)19(25)12-15-5-6-17(18(13-24)28-15)21-29(26,27)16-4-2-3-14(20)11-16/h2-6,11,15,17-18,21,24H,7-10,12-13H2,1H3/t15-,17+,18-/m0/s1. The van der Waals surface area contributed by atoms with Gasteiger partial charge in [-0.25, -0.2) is 17.5 Å². The lowest BCUT2D eigenvalue weighted by molar-refractivity contribution is -0.136. The van der Waals surface area contributed by atoms with Crippen LogP contribution in [0.25, 0.3) is 0 Å². The zero-order valence-electron chi connectivity index (χ0n) is 16.2. The molecular weight excluding hydrogens is 401 g/mol. The van der Waals surface area contributed by atoms with Crippen molar-refractivity contribution in [1.29, 1.82) is 0 Å². The van der Waals surface area contributed by atoms with Crippen molar-refractivity contribution in [2.75, 3.05) is 39.8 Å². The van der Waals surface area contributed by atoms with Crippen LogP contribution in [0.5, 0.6) is 0 Å². The molecule has 1 amide bonds. The number of ether oxygens (including phenoxy) is 1. The van der Waals surface area contributed by atoms with Gasteiger partial charge in [-0.05, 0) is 25.2 Å². The molecule has 0 bridgehead atoms. The fraction of sp³-hybridized carbons (Fsp3) is 0.526. The van der Waals surface area contributed by atoms with E-state index in [4.69, 9.17) is 4.74 Å². The van der Waals surface area contributed by atoms with Gasteiger partial charge in [0.25, 0.3) is 0 Å². The first-order valence-electron chi connectivity index (χ1n) is 9.47. The lowest BCUT2D eigenvalue weighted by Crippen LogP contribution is -2.50. The molecule has 1 fully saturated rings. The first-order valence-corrected chi connectivity index (χ1v) is 11.0. The van der Waals surface area contributed by atoms with Gasteiger partial charge in [0.15, 0.2) is 0 Å². The van der Waals surface area contributed by atoms with Crippen LogP contribution in [0.4, 0.5) is 4.39 Å². The molecule has 10 heteroatoms. The van der Waals surface area contributed by atoms with Gasteiger partial charge in [-0.1, -0.05) is 18.2 Å². The summed E-state index contributed by atoms with van der Waals surface area (Å²) in [7, 11) is -1.99. The minimum Gasteiger partial charge on any atom is -0.394 e. The number of nitrogens with zero attached hydrogens (tertiary/aromatic N) is 2. The molecule has 2 N–H and O–H groups in total. The van der Waals surface area contributed by atoms with Gasteiger partial charge in [0.05, 0.1) is 30.1 Å². The quantitative estimate of drug-likeness (QED) is 0.618. The maximum Gasteiger partial charge on any atom is 0.241 e. The molecule has 2 heterocycles. The molecular formula is C19H26FN3O5S. The van der Waals surface area contributed by atoms with E-state index in [9.17, 15) is 22.7 Å². The fourth-order valence-electron chi connectivity index (χ4n) is 3.35. The van der Waals surface area contributed by atoms with Gasteiger partial charge in [0, 0.05) is 26.2 Å². The summed E-state index contributed by atoms with van der Waals surface area (Å²) in [6.45, 7) is 2.52. The SMILES string of the molecule is CN1CCN(C(=O)C[C@@H]2C=C[C@@H](NS(=O)(=O)c3cccc(F)c3)[C@H](CO)O2)CC1. The largest absolute Gasteiger partial charge is 0.394 e. The number of aliphatic hydroxyl groups is 1. The zero-order valence-corrected chi connectivity index (χ0v) is 17.0. The average Bonchev–Trinajstić information content (AvgIpc) is 2.69. The highest BCUT2D eigenvalue weighted by Gasteiger charge is 2.32. The van der Waals surface area contributed by atoms with Crippen LogP contribution >= 0.6 is 0 Å². The van der Waals surface area contributed by atoms with Gasteiger partial charge in [-0.15, -0.1) is 0 Å². The average molecular weight is 427 g/mol. The molecule has 3 rings (SSSR count). The Morgan fingerprint density at radius 2 is 2.00 bits per heavy atom. The zero-order chi connectivity index (χ0) is 21.0. The summed E-state index contributed by atoms with van der Waals surface area (Å²) in [4.78, 5) is 16.2. The number of carbonyl (C=O) groups is 1. The molecule has 0 radical (unpaired) electrons. The van der Waals surface area contributed by atoms with Crippen molar-refractivity contribution >= 4 is 15.9 Å². The summed E-state index contributed by atoms with van der Waals surface area (Å²) in [6.07, 6.45) is 1.92. The number of nitrogens with one attached hydrogen (secondary N) is 1. The summed E-state index contributed by atoms with van der Waals surface area (Å²) < 4.78 is 46.5. The van der Waals surface area contributed by atoms with Crippen LogP contribution in [0.15, 0.2) is 41.3 Å². The Morgan fingerprint density at radius 1 is 1.28 bits per heavy atom. The van der Waals surface area contributed by atoms with Crippen molar-refractivity contribution in [2.45, 2.75) is 29.6 Å². The van der Waals surface area contributed by atoms with Gasteiger partial charge in [-0.2, -0.15) is 0 Å². The lowest BCUT2D eigenvalue weighted by atomic mass is 10.1. The predicted octanol–water partition coefficient (Wildman–Crippen LogP) is -0.0474. The van der Waals surface area contributed by atoms with E-state index >= 15 is 0 Å². The first-order chi connectivity index (χ1) is 13.8. The van der Waals surface area contributed by atoms with E-state index in [2.05, 4.69) is 9.62 Å². The molecule has 3 atom stereocenters. The van der Waals surface area contributed by atoms with Gasteiger partial charge in [0.1, 0.15) is 11.9 Å². The van der Waals surface area contributed by atoms with E-state index in [1.165, 1.54) is 12.1 Å². The number of halogens is 1. The van der Waals surface area contributed by atoms with Crippen molar-refractivity contribution in [3.63, 3.8) is 0 Å². The smallest absolute Gasteiger partial charge is 0.241 e. The maximum atomic E-state index is 13.4. The van der Waals surface area contributed by atoms with Gasteiger partial charge in [0.2, 0.25) is 15.9 Å². The second-order valence-corrected chi connectivity index (χ2v) is 8.99. The third kappa shape index (κ3) is 5.61. The molecule has 29 heavy (non-hydrogen) atoms. The number of piperazine rings is 1. The highest BCUT2D eigenvalue weighted by Crippen LogP contribution is 2.19. The number of rotatable bonds is 6. The molecule has 0 aliphatic carbocycles. The molecule has 2 aliphatic heterocycles. The van der Waals surface area contributed by atoms with Crippen LogP contribution < -0.4 is 4.72 Å². The third-order valence-electron chi connectivity index (χ3n) is 5.09. The number of aliphatic hydroxyl groups excluding tert-OH is 1. The monoisotopic (exact) mass is 427 g/mol. The number of sulfonamides is 1. The van der Waals surface area contributed by atoms with Crippen molar-refractivity contribution in [3.05, 3.63) is 42.2 Å². The molecule has 2 aliphatic rings. The number of likely N-dealkylation sites (N-methyl/N-ethyl adjacent to an activating group) is 1. The van der Waals surface area contributed by atoms with E-state index in [1.54, 1.807) is 17.1 Å². The molecule has 1 aromatic carbocycles. The Labute approximate surface area is 170 Å². The van der Waals surface area contributed by atoms with Crippen molar-refractivity contribution < 1.29 is 27.4 Å². The molecule has 160 valence electrons. The highest BCUT2D eigenvalue weighted by atomic mass is 32.2. The Hall–Kier alpha value is -1.85. The Kier molecular flexibility index (Phi) is 7.01. The third-order valence-corrected chi connectivity index (χ3v) is 6.55. The summed E-state index contributed by atoms with van der Waals surface area (Å²) in [5.74, 6) is -0.701. The minimum absolute atomic E-state index is 0.0387. The number of hydrogen-bond acceptors (Lipinski definition) is 6. The van der Waals surface area contributed by atoms with Crippen LogP contribution in [0.3, 0.4) is 0 Å². The Bertz CT molecular complexity index is 855. The van der Waals surface area contributed by atoms with E-state index in [1.807, 2.05) is 7.05 Å². The van der Waals surface area contributed by atoms with Gasteiger partial charge in [-0.3, -0.25) is 4.79 Å². The van der Waals surface area contributed by atoms with Crippen molar-refractivity contribution in [3.8, 4) is 0 Å². The topological polar surface area (TPSA) is 99.2 Å². The molecule has 8 nitrogen and oxygen atoms in total. The summed E-state index contributed by atoms with van der Waals surface area (Å²) in [5, 5.41) is 9.65. The second kappa shape index (κ2) is 9.31. The van der Waals surface area contributed by atoms with Gasteiger partial charge < -0.3 is 19.6 Å². The van der Waals surface area contributed by atoms with Crippen LogP contribution in [-0.4, -0.2) is 87.3 Å². The van der Waals surface area contributed by atoms with Crippen molar-refractivity contribution in [1.82, 2.24) is 14.5 Å². The Morgan fingerprint density at radius 3 is 2.66 bits per heavy atom. The maximum absolute atomic E-state index is 13.4. The van der Waals surface area contributed by atoms with E-state index in [0.29, 0.717) is 13.1 Å². The van der Waals surface area contributed by atoms with Gasteiger partial charge >= 0.3 is 0 Å². The minimum atomic E-state index is -4.00. The summed E-state index contributed by atoms with van der Waals surface area (Å²) >= 11 is 0. The van der Waals surface area contributed by atoms with Crippen molar-refractivity contribution in [2.24, 2.45) is 0 Å².